The van der Waals surface area contributed by atoms with Gasteiger partial charge in [-0.2, -0.15) is 0 Å². The van der Waals surface area contributed by atoms with Crippen molar-refractivity contribution >= 4 is 9.84 Å². The summed E-state index contributed by atoms with van der Waals surface area (Å²) in [6.07, 6.45) is -0.549. The van der Waals surface area contributed by atoms with Crippen LogP contribution in [-0.4, -0.2) is 25.4 Å². The van der Waals surface area contributed by atoms with Crippen molar-refractivity contribution in [2.45, 2.75) is 24.3 Å². The predicted molar refractivity (Wildman–Crippen MR) is 54.8 cm³/mol. The second-order valence-electron chi connectivity index (χ2n) is 3.30. The zero-order chi connectivity index (χ0) is 11.5. The molecule has 0 spiro atoms. The van der Waals surface area contributed by atoms with Crippen molar-refractivity contribution in [2.75, 3.05) is 5.75 Å². The maximum absolute atomic E-state index is 12.8. The van der Waals surface area contributed by atoms with E-state index in [1.165, 1.54) is 18.2 Å². The molecule has 1 aromatic rings. The average Bonchev–Trinajstić information content (AvgIpc) is 2.17. The SMILES string of the molecule is CCC(O)CS(=O)(=O)c1cccc(F)c1. The minimum Gasteiger partial charge on any atom is -0.392 e. The number of aliphatic hydroxyl groups excluding tert-OH is 1. The van der Waals surface area contributed by atoms with Gasteiger partial charge in [-0.3, -0.25) is 0 Å². The minimum atomic E-state index is -3.58. The van der Waals surface area contributed by atoms with Crippen molar-refractivity contribution in [3.05, 3.63) is 30.1 Å². The Labute approximate surface area is 88.5 Å². The van der Waals surface area contributed by atoms with Gasteiger partial charge in [-0.15, -0.1) is 0 Å². The van der Waals surface area contributed by atoms with Gasteiger partial charge in [-0.25, -0.2) is 12.8 Å². The lowest BCUT2D eigenvalue weighted by atomic mass is 10.3. The molecule has 1 N–H and O–H groups in total. The van der Waals surface area contributed by atoms with Crippen LogP contribution in [-0.2, 0) is 9.84 Å². The summed E-state index contributed by atoms with van der Waals surface area (Å²) >= 11 is 0. The third kappa shape index (κ3) is 3.28. The molecule has 1 unspecified atom stereocenters. The highest BCUT2D eigenvalue weighted by Gasteiger charge is 2.18. The molecule has 0 aromatic heterocycles. The van der Waals surface area contributed by atoms with Crippen LogP contribution in [0.4, 0.5) is 4.39 Å². The Morgan fingerprint density at radius 1 is 1.47 bits per heavy atom. The third-order valence-corrected chi connectivity index (χ3v) is 3.83. The first-order chi connectivity index (χ1) is 6.95. The Kier molecular flexibility index (Phi) is 3.82. The minimum absolute atomic E-state index is 0.0880. The fraction of sp³-hybridized carbons (Fsp3) is 0.400. The normalized spacial score (nSPS) is 13.8. The van der Waals surface area contributed by atoms with Gasteiger partial charge in [-0.1, -0.05) is 13.0 Å². The lowest BCUT2D eigenvalue weighted by Crippen LogP contribution is -2.20. The molecule has 0 aliphatic carbocycles. The van der Waals surface area contributed by atoms with Crippen molar-refractivity contribution in [2.24, 2.45) is 0 Å². The summed E-state index contributed by atoms with van der Waals surface area (Å²) in [5, 5.41) is 9.25. The van der Waals surface area contributed by atoms with Crippen LogP contribution in [0.15, 0.2) is 29.2 Å². The zero-order valence-corrected chi connectivity index (χ0v) is 9.17. The van der Waals surface area contributed by atoms with Crippen LogP contribution in [0, 0.1) is 5.82 Å². The Balaban J connectivity index is 2.96. The third-order valence-electron chi connectivity index (χ3n) is 2.04. The van der Waals surface area contributed by atoms with Gasteiger partial charge in [0.2, 0.25) is 0 Å². The lowest BCUT2D eigenvalue weighted by Gasteiger charge is -2.08. The van der Waals surface area contributed by atoms with Gasteiger partial charge in [0, 0.05) is 0 Å². The number of hydrogen-bond acceptors (Lipinski definition) is 3. The molecular formula is C10H13FO3S. The first-order valence-electron chi connectivity index (χ1n) is 4.62. The topological polar surface area (TPSA) is 54.4 Å². The highest BCUT2D eigenvalue weighted by atomic mass is 32.2. The molecule has 0 heterocycles. The van der Waals surface area contributed by atoms with Crippen LogP contribution >= 0.6 is 0 Å². The molecule has 5 heteroatoms. The highest BCUT2D eigenvalue weighted by Crippen LogP contribution is 2.14. The van der Waals surface area contributed by atoms with Crippen molar-refractivity contribution in [3.8, 4) is 0 Å². The van der Waals surface area contributed by atoms with Gasteiger partial charge in [0.15, 0.2) is 9.84 Å². The van der Waals surface area contributed by atoms with Crippen molar-refractivity contribution in [1.82, 2.24) is 0 Å². The molecule has 1 rings (SSSR count). The number of hydrogen-bond donors (Lipinski definition) is 1. The molecule has 0 saturated heterocycles. The van der Waals surface area contributed by atoms with Gasteiger partial charge in [0.05, 0.1) is 16.8 Å². The monoisotopic (exact) mass is 232 g/mol. The standard InChI is InChI=1S/C10H13FO3S/c1-2-9(12)7-15(13,14)10-5-3-4-8(11)6-10/h3-6,9,12H,2,7H2,1H3. The molecule has 0 aliphatic heterocycles. The second kappa shape index (κ2) is 4.72. The van der Waals surface area contributed by atoms with E-state index in [0.29, 0.717) is 6.42 Å². The maximum Gasteiger partial charge on any atom is 0.181 e. The van der Waals surface area contributed by atoms with Gasteiger partial charge >= 0.3 is 0 Å². The summed E-state index contributed by atoms with van der Waals surface area (Å²) in [4.78, 5) is -0.0880. The summed E-state index contributed by atoms with van der Waals surface area (Å²) in [5.41, 5.74) is 0. The first kappa shape index (κ1) is 12.1. The molecule has 0 saturated carbocycles. The summed E-state index contributed by atoms with van der Waals surface area (Å²) in [5.74, 6) is -0.963. The fourth-order valence-electron chi connectivity index (χ4n) is 1.13. The van der Waals surface area contributed by atoms with E-state index >= 15 is 0 Å². The molecule has 0 radical (unpaired) electrons. The van der Waals surface area contributed by atoms with E-state index in [0.717, 1.165) is 6.07 Å². The van der Waals surface area contributed by atoms with Crippen molar-refractivity contribution in [1.29, 1.82) is 0 Å². The van der Waals surface area contributed by atoms with Gasteiger partial charge in [-0.05, 0) is 24.6 Å². The van der Waals surface area contributed by atoms with Crippen LogP contribution in [0.25, 0.3) is 0 Å². The molecule has 1 atom stereocenters. The van der Waals surface area contributed by atoms with Crippen molar-refractivity contribution < 1.29 is 17.9 Å². The molecule has 0 fully saturated rings. The molecule has 1 aromatic carbocycles. The van der Waals surface area contributed by atoms with Crippen LogP contribution in [0.1, 0.15) is 13.3 Å². The molecule has 15 heavy (non-hydrogen) atoms. The summed E-state index contributed by atoms with van der Waals surface area (Å²) in [7, 11) is -3.58. The van der Waals surface area contributed by atoms with E-state index < -0.39 is 21.8 Å². The van der Waals surface area contributed by atoms with Crippen LogP contribution < -0.4 is 0 Å². The maximum atomic E-state index is 12.8. The molecule has 84 valence electrons. The first-order valence-corrected chi connectivity index (χ1v) is 6.27. The average molecular weight is 232 g/mol. The Bertz CT molecular complexity index is 428. The molecule has 0 amide bonds. The van der Waals surface area contributed by atoms with Gasteiger partial charge in [0.25, 0.3) is 0 Å². The summed E-state index contributed by atoms with van der Waals surface area (Å²) in [6.45, 7) is 1.69. The van der Waals surface area contributed by atoms with Gasteiger partial charge in [0.1, 0.15) is 5.82 Å². The Morgan fingerprint density at radius 2 is 2.13 bits per heavy atom. The fourth-order valence-corrected chi connectivity index (χ4v) is 2.64. The molecule has 0 bridgehead atoms. The predicted octanol–water partition coefficient (Wildman–Crippen LogP) is 1.37. The Hall–Kier alpha value is -0.940. The number of sulfone groups is 1. The van der Waals surface area contributed by atoms with Gasteiger partial charge < -0.3 is 5.11 Å². The quantitative estimate of drug-likeness (QED) is 0.853. The molecular weight excluding hydrogens is 219 g/mol. The van der Waals surface area contributed by atoms with Crippen LogP contribution in [0.5, 0.6) is 0 Å². The summed E-state index contributed by atoms with van der Waals surface area (Å²) in [6, 6.07) is 4.79. The van der Waals surface area contributed by atoms with E-state index in [1.54, 1.807) is 6.92 Å². The van der Waals surface area contributed by atoms with Crippen LogP contribution in [0.2, 0.25) is 0 Å². The number of aliphatic hydroxyl groups is 1. The highest BCUT2D eigenvalue weighted by molar-refractivity contribution is 7.91. The zero-order valence-electron chi connectivity index (χ0n) is 8.35. The number of rotatable bonds is 4. The lowest BCUT2D eigenvalue weighted by molar-refractivity contribution is 0.193. The molecule has 0 aliphatic rings. The van der Waals surface area contributed by atoms with E-state index in [4.69, 9.17) is 0 Å². The van der Waals surface area contributed by atoms with Crippen LogP contribution in [0.3, 0.4) is 0 Å². The van der Waals surface area contributed by atoms with E-state index in [-0.39, 0.29) is 10.6 Å². The van der Waals surface area contributed by atoms with E-state index in [2.05, 4.69) is 0 Å². The van der Waals surface area contributed by atoms with E-state index in [1.807, 2.05) is 0 Å². The smallest absolute Gasteiger partial charge is 0.181 e. The van der Waals surface area contributed by atoms with E-state index in [9.17, 15) is 17.9 Å². The number of benzene rings is 1. The Morgan fingerprint density at radius 3 is 2.67 bits per heavy atom. The summed E-state index contributed by atoms with van der Waals surface area (Å²) < 4.78 is 36.0. The second-order valence-corrected chi connectivity index (χ2v) is 5.34. The largest absolute Gasteiger partial charge is 0.392 e. The number of halogens is 1. The molecule has 3 nitrogen and oxygen atoms in total. The van der Waals surface area contributed by atoms with Crippen molar-refractivity contribution in [3.63, 3.8) is 0 Å².